The van der Waals surface area contributed by atoms with Crippen LogP contribution in [0.2, 0.25) is 0 Å². The smallest absolute Gasteiger partial charge is 0.213 e. The standard InChI is InChI=1S/C16H14FN3O.2C2H6/c1-20-8-12-4-5-16(19-15(12)9-20)21-10-13-3-2-11(7-18)6-14(13)17;2*1-2/h2-6H,8-10H2,1H3;2*1-2H3. The molecule has 0 aliphatic carbocycles. The van der Waals surface area contributed by atoms with E-state index in [-0.39, 0.29) is 6.61 Å². The number of nitrogens with zero attached hydrogens (tertiary/aromatic N) is 3. The van der Waals surface area contributed by atoms with E-state index in [1.54, 1.807) is 18.2 Å². The van der Waals surface area contributed by atoms with Crippen molar-refractivity contribution in [3.63, 3.8) is 0 Å². The van der Waals surface area contributed by atoms with Crippen LogP contribution < -0.4 is 4.74 Å². The molecule has 0 N–H and O–H groups in total. The highest BCUT2D eigenvalue weighted by molar-refractivity contribution is 5.33. The molecule has 3 rings (SSSR count). The number of ether oxygens (including phenoxy) is 1. The SMILES string of the molecule is CC.CC.CN1Cc2ccc(OCc3ccc(C#N)cc3F)nc2C1. The Balaban J connectivity index is 0.000000730. The number of halogens is 1. The highest BCUT2D eigenvalue weighted by Crippen LogP contribution is 2.22. The number of pyridine rings is 1. The topological polar surface area (TPSA) is 49.1 Å². The van der Waals surface area contributed by atoms with Gasteiger partial charge in [0.15, 0.2) is 0 Å². The fourth-order valence-corrected chi connectivity index (χ4v) is 2.36. The van der Waals surface area contributed by atoms with Crippen molar-refractivity contribution in [2.24, 2.45) is 0 Å². The molecule has 0 amide bonds. The highest BCUT2D eigenvalue weighted by atomic mass is 19.1. The van der Waals surface area contributed by atoms with E-state index in [1.165, 1.54) is 11.6 Å². The molecule has 4 nitrogen and oxygen atoms in total. The summed E-state index contributed by atoms with van der Waals surface area (Å²) >= 11 is 0. The molecule has 134 valence electrons. The Morgan fingerprint density at radius 2 is 1.88 bits per heavy atom. The zero-order valence-electron chi connectivity index (χ0n) is 15.6. The van der Waals surface area contributed by atoms with Crippen LogP contribution in [0.25, 0.3) is 0 Å². The van der Waals surface area contributed by atoms with Crippen molar-refractivity contribution in [2.75, 3.05) is 7.05 Å². The highest BCUT2D eigenvalue weighted by Gasteiger charge is 2.17. The molecule has 5 heteroatoms. The second-order valence-corrected chi connectivity index (χ2v) is 5.13. The Morgan fingerprint density at radius 3 is 2.52 bits per heavy atom. The minimum Gasteiger partial charge on any atom is -0.473 e. The van der Waals surface area contributed by atoms with Crippen LogP contribution in [0, 0.1) is 17.1 Å². The fraction of sp³-hybridized carbons (Fsp3) is 0.400. The summed E-state index contributed by atoms with van der Waals surface area (Å²) in [7, 11) is 2.04. The fourth-order valence-electron chi connectivity index (χ4n) is 2.36. The first-order chi connectivity index (χ1) is 12.2. The molecule has 2 aromatic rings. The molecule has 0 spiro atoms. The summed E-state index contributed by atoms with van der Waals surface area (Å²) in [5.74, 6) is 0.0581. The molecule has 1 aromatic heterocycles. The molecule has 0 bridgehead atoms. The van der Waals surface area contributed by atoms with Crippen molar-refractivity contribution in [3.8, 4) is 11.9 Å². The van der Waals surface area contributed by atoms with Gasteiger partial charge in [-0.05, 0) is 24.7 Å². The van der Waals surface area contributed by atoms with Gasteiger partial charge in [-0.3, -0.25) is 4.90 Å². The van der Waals surface area contributed by atoms with E-state index in [0.29, 0.717) is 17.0 Å². The first-order valence-corrected chi connectivity index (χ1v) is 8.64. The largest absolute Gasteiger partial charge is 0.473 e. The minimum absolute atomic E-state index is 0.0964. The van der Waals surface area contributed by atoms with Crippen molar-refractivity contribution in [1.82, 2.24) is 9.88 Å². The molecular formula is C20H26FN3O. The summed E-state index contributed by atoms with van der Waals surface area (Å²) < 4.78 is 19.3. The Kier molecular flexibility index (Phi) is 8.59. The lowest BCUT2D eigenvalue weighted by Gasteiger charge is -2.08. The van der Waals surface area contributed by atoms with Gasteiger partial charge in [-0.1, -0.05) is 39.8 Å². The van der Waals surface area contributed by atoms with Gasteiger partial charge in [0, 0.05) is 24.7 Å². The van der Waals surface area contributed by atoms with Gasteiger partial charge in [-0.25, -0.2) is 9.37 Å². The van der Waals surface area contributed by atoms with Gasteiger partial charge in [-0.15, -0.1) is 0 Å². The monoisotopic (exact) mass is 343 g/mol. The van der Waals surface area contributed by atoms with Gasteiger partial charge in [-0.2, -0.15) is 5.26 Å². The Bertz CT molecular complexity index is 725. The van der Waals surface area contributed by atoms with E-state index >= 15 is 0 Å². The average molecular weight is 343 g/mol. The van der Waals surface area contributed by atoms with Crippen molar-refractivity contribution < 1.29 is 9.13 Å². The van der Waals surface area contributed by atoms with E-state index in [9.17, 15) is 4.39 Å². The molecule has 0 saturated carbocycles. The third kappa shape index (κ3) is 5.54. The number of hydrogen-bond donors (Lipinski definition) is 0. The molecular weight excluding hydrogens is 317 g/mol. The van der Waals surface area contributed by atoms with Crippen LogP contribution in [0.15, 0.2) is 30.3 Å². The number of nitriles is 1. The van der Waals surface area contributed by atoms with Gasteiger partial charge >= 0.3 is 0 Å². The number of fused-ring (bicyclic) bond motifs is 1. The van der Waals surface area contributed by atoms with E-state index in [0.717, 1.165) is 18.8 Å². The van der Waals surface area contributed by atoms with Crippen LogP contribution in [0.3, 0.4) is 0 Å². The maximum atomic E-state index is 13.8. The molecule has 1 aliphatic heterocycles. The lowest BCUT2D eigenvalue weighted by molar-refractivity contribution is 0.286. The van der Waals surface area contributed by atoms with Crippen molar-refractivity contribution in [3.05, 3.63) is 58.5 Å². The van der Waals surface area contributed by atoms with Gasteiger partial charge < -0.3 is 4.74 Å². The summed E-state index contributed by atoms with van der Waals surface area (Å²) in [4.78, 5) is 6.61. The first kappa shape index (κ1) is 20.6. The Labute approximate surface area is 149 Å². The van der Waals surface area contributed by atoms with E-state index in [2.05, 4.69) is 9.88 Å². The van der Waals surface area contributed by atoms with Gasteiger partial charge in [0.25, 0.3) is 0 Å². The summed E-state index contributed by atoms with van der Waals surface area (Å²) in [5.41, 5.74) is 2.92. The maximum Gasteiger partial charge on any atom is 0.213 e. The van der Waals surface area contributed by atoms with Crippen LogP contribution in [0.1, 0.15) is 50.1 Å². The first-order valence-electron chi connectivity index (χ1n) is 8.64. The van der Waals surface area contributed by atoms with Crippen LogP contribution in [-0.4, -0.2) is 16.9 Å². The van der Waals surface area contributed by atoms with E-state index in [1.807, 2.05) is 46.9 Å². The summed E-state index contributed by atoms with van der Waals surface area (Å²) in [5, 5.41) is 8.71. The third-order valence-electron chi connectivity index (χ3n) is 3.46. The molecule has 1 aromatic carbocycles. The van der Waals surface area contributed by atoms with Crippen LogP contribution in [0.5, 0.6) is 5.88 Å². The quantitative estimate of drug-likeness (QED) is 0.812. The predicted octanol–water partition coefficient (Wildman–Crippen LogP) is 4.67. The Morgan fingerprint density at radius 1 is 1.16 bits per heavy atom. The van der Waals surface area contributed by atoms with Crippen molar-refractivity contribution >= 4 is 0 Å². The van der Waals surface area contributed by atoms with Gasteiger partial charge in [0.1, 0.15) is 12.4 Å². The molecule has 0 fully saturated rings. The maximum absolute atomic E-state index is 13.8. The molecule has 0 atom stereocenters. The normalized spacial score (nSPS) is 12.0. The molecule has 0 radical (unpaired) electrons. The summed E-state index contributed by atoms with van der Waals surface area (Å²) in [6.45, 7) is 9.80. The third-order valence-corrected chi connectivity index (χ3v) is 3.46. The Hall–Kier alpha value is -2.45. The van der Waals surface area contributed by atoms with Crippen molar-refractivity contribution in [2.45, 2.75) is 47.4 Å². The lowest BCUT2D eigenvalue weighted by atomic mass is 10.1. The lowest BCUT2D eigenvalue weighted by Crippen LogP contribution is -2.07. The van der Waals surface area contributed by atoms with Crippen LogP contribution in [0.4, 0.5) is 4.39 Å². The van der Waals surface area contributed by atoms with Crippen LogP contribution >= 0.6 is 0 Å². The second kappa shape index (κ2) is 10.4. The minimum atomic E-state index is -0.435. The average Bonchev–Trinajstić information content (AvgIpc) is 3.03. The predicted molar refractivity (Wildman–Crippen MR) is 97.6 cm³/mol. The molecule has 0 saturated heterocycles. The van der Waals surface area contributed by atoms with Gasteiger partial charge in [0.05, 0.1) is 17.3 Å². The zero-order valence-corrected chi connectivity index (χ0v) is 15.6. The second-order valence-electron chi connectivity index (χ2n) is 5.13. The molecule has 25 heavy (non-hydrogen) atoms. The number of rotatable bonds is 3. The number of hydrogen-bond acceptors (Lipinski definition) is 4. The number of benzene rings is 1. The molecule has 0 unspecified atom stereocenters. The van der Waals surface area contributed by atoms with Crippen molar-refractivity contribution in [1.29, 1.82) is 5.26 Å². The zero-order chi connectivity index (χ0) is 18.8. The summed E-state index contributed by atoms with van der Waals surface area (Å²) in [6.07, 6.45) is 0. The summed E-state index contributed by atoms with van der Waals surface area (Å²) in [6, 6.07) is 10.1. The van der Waals surface area contributed by atoms with Gasteiger partial charge in [0.2, 0.25) is 5.88 Å². The molecule has 2 heterocycles. The van der Waals surface area contributed by atoms with E-state index < -0.39 is 5.82 Å². The molecule has 1 aliphatic rings. The van der Waals surface area contributed by atoms with Crippen LogP contribution in [-0.2, 0) is 19.7 Å². The number of aromatic nitrogens is 1. The van der Waals surface area contributed by atoms with E-state index in [4.69, 9.17) is 10.00 Å².